The standard InChI is InChI=1S/C13H18N2O3/c16-12(17)4-2-1-3-11-14-15-13(18-11)10-6-8-5-9(8)7-10/h8-10H,1-7H2,(H,16,17). The van der Waals surface area contributed by atoms with Gasteiger partial charge in [-0.2, -0.15) is 0 Å². The molecule has 1 aromatic rings. The van der Waals surface area contributed by atoms with Crippen LogP contribution in [0.3, 0.4) is 0 Å². The smallest absolute Gasteiger partial charge is 0.303 e. The van der Waals surface area contributed by atoms with Gasteiger partial charge in [0, 0.05) is 18.8 Å². The van der Waals surface area contributed by atoms with Crippen LogP contribution in [-0.4, -0.2) is 21.3 Å². The Kier molecular flexibility index (Phi) is 3.06. The molecule has 18 heavy (non-hydrogen) atoms. The molecule has 5 nitrogen and oxygen atoms in total. The number of carboxylic acid groups (broad SMARTS) is 1. The molecule has 1 heterocycles. The zero-order valence-electron chi connectivity index (χ0n) is 10.3. The van der Waals surface area contributed by atoms with Crippen molar-refractivity contribution in [2.24, 2.45) is 11.8 Å². The summed E-state index contributed by atoms with van der Waals surface area (Å²) in [7, 11) is 0. The van der Waals surface area contributed by atoms with Crippen LogP contribution in [0.25, 0.3) is 0 Å². The van der Waals surface area contributed by atoms with E-state index in [1.54, 1.807) is 0 Å². The molecule has 0 saturated heterocycles. The molecule has 0 aliphatic heterocycles. The molecule has 2 unspecified atom stereocenters. The third-order valence-electron chi connectivity index (χ3n) is 4.11. The summed E-state index contributed by atoms with van der Waals surface area (Å²) in [6.07, 6.45) is 6.20. The zero-order chi connectivity index (χ0) is 12.5. The van der Waals surface area contributed by atoms with Gasteiger partial charge in [0.25, 0.3) is 0 Å². The van der Waals surface area contributed by atoms with Gasteiger partial charge in [-0.05, 0) is 43.9 Å². The monoisotopic (exact) mass is 250 g/mol. The van der Waals surface area contributed by atoms with Crippen LogP contribution < -0.4 is 0 Å². The summed E-state index contributed by atoms with van der Waals surface area (Å²) >= 11 is 0. The van der Waals surface area contributed by atoms with Crippen molar-refractivity contribution in [3.63, 3.8) is 0 Å². The summed E-state index contributed by atoms with van der Waals surface area (Å²) in [4.78, 5) is 10.4. The first kappa shape index (κ1) is 11.7. The largest absolute Gasteiger partial charge is 0.481 e. The van der Waals surface area contributed by atoms with E-state index in [1.807, 2.05) is 0 Å². The molecule has 2 saturated carbocycles. The van der Waals surface area contributed by atoms with Gasteiger partial charge in [-0.3, -0.25) is 4.79 Å². The predicted molar refractivity (Wildman–Crippen MR) is 63.1 cm³/mol. The molecule has 1 aromatic heterocycles. The number of rotatable bonds is 6. The van der Waals surface area contributed by atoms with Crippen LogP contribution in [0.1, 0.15) is 56.2 Å². The number of hydrogen-bond acceptors (Lipinski definition) is 4. The molecule has 3 rings (SSSR count). The van der Waals surface area contributed by atoms with Crippen molar-refractivity contribution in [3.8, 4) is 0 Å². The minimum atomic E-state index is -0.744. The van der Waals surface area contributed by atoms with E-state index in [0.29, 0.717) is 24.7 Å². The van der Waals surface area contributed by atoms with Crippen LogP contribution >= 0.6 is 0 Å². The van der Waals surface area contributed by atoms with E-state index >= 15 is 0 Å². The molecular formula is C13H18N2O3. The number of fused-ring (bicyclic) bond motifs is 1. The molecule has 0 aromatic carbocycles. The first-order valence-electron chi connectivity index (χ1n) is 6.76. The van der Waals surface area contributed by atoms with E-state index in [4.69, 9.17) is 9.52 Å². The van der Waals surface area contributed by atoms with Crippen molar-refractivity contribution >= 4 is 5.97 Å². The highest BCUT2D eigenvalue weighted by molar-refractivity contribution is 5.66. The van der Waals surface area contributed by atoms with E-state index in [2.05, 4.69) is 10.2 Å². The van der Waals surface area contributed by atoms with Gasteiger partial charge >= 0.3 is 5.97 Å². The Morgan fingerprint density at radius 2 is 2.00 bits per heavy atom. The molecule has 2 atom stereocenters. The Morgan fingerprint density at radius 1 is 1.22 bits per heavy atom. The lowest BCUT2D eigenvalue weighted by molar-refractivity contribution is -0.137. The van der Waals surface area contributed by atoms with Crippen molar-refractivity contribution in [3.05, 3.63) is 11.8 Å². The minimum Gasteiger partial charge on any atom is -0.481 e. The highest BCUT2D eigenvalue weighted by atomic mass is 16.4. The number of nitrogens with zero attached hydrogens (tertiary/aromatic N) is 2. The maximum absolute atomic E-state index is 10.4. The van der Waals surface area contributed by atoms with E-state index in [1.165, 1.54) is 19.3 Å². The Bertz CT molecular complexity index is 433. The maximum atomic E-state index is 10.4. The molecule has 5 heteroatoms. The number of unbranched alkanes of at least 4 members (excludes halogenated alkanes) is 1. The Labute approximate surface area is 106 Å². The summed E-state index contributed by atoms with van der Waals surface area (Å²) in [5.41, 5.74) is 0. The van der Waals surface area contributed by atoms with Crippen molar-refractivity contribution in [1.82, 2.24) is 10.2 Å². The highest BCUT2D eigenvalue weighted by Crippen LogP contribution is 2.57. The molecule has 2 fully saturated rings. The van der Waals surface area contributed by atoms with Gasteiger partial charge < -0.3 is 9.52 Å². The van der Waals surface area contributed by atoms with Crippen LogP contribution in [0, 0.1) is 11.8 Å². The third kappa shape index (κ3) is 2.54. The van der Waals surface area contributed by atoms with Gasteiger partial charge in [-0.1, -0.05) is 0 Å². The van der Waals surface area contributed by atoms with E-state index < -0.39 is 5.97 Å². The summed E-state index contributed by atoms with van der Waals surface area (Å²) in [5.74, 6) is 3.04. The lowest BCUT2D eigenvalue weighted by Crippen LogP contribution is -1.95. The molecule has 0 spiro atoms. The fourth-order valence-electron chi connectivity index (χ4n) is 3.00. The number of carbonyl (C=O) groups is 1. The zero-order valence-corrected chi connectivity index (χ0v) is 10.3. The summed E-state index contributed by atoms with van der Waals surface area (Å²) in [5, 5.41) is 16.7. The van der Waals surface area contributed by atoms with E-state index in [-0.39, 0.29) is 6.42 Å². The first-order valence-corrected chi connectivity index (χ1v) is 6.76. The predicted octanol–water partition coefficient (Wildman–Crippen LogP) is 2.38. The van der Waals surface area contributed by atoms with Gasteiger partial charge in [0.1, 0.15) is 0 Å². The molecule has 0 amide bonds. The van der Waals surface area contributed by atoms with Crippen LogP contribution in [-0.2, 0) is 11.2 Å². The number of aliphatic carboxylic acids is 1. The summed E-state index contributed by atoms with van der Waals surface area (Å²) in [6, 6.07) is 0. The molecule has 2 aliphatic carbocycles. The van der Waals surface area contributed by atoms with E-state index in [0.717, 1.165) is 24.1 Å². The maximum Gasteiger partial charge on any atom is 0.303 e. The summed E-state index contributed by atoms with van der Waals surface area (Å²) < 4.78 is 5.67. The van der Waals surface area contributed by atoms with Gasteiger partial charge in [-0.15, -0.1) is 10.2 Å². The highest BCUT2D eigenvalue weighted by Gasteiger charge is 2.47. The Hall–Kier alpha value is -1.39. The van der Waals surface area contributed by atoms with Crippen LogP contribution in [0.5, 0.6) is 0 Å². The molecular weight excluding hydrogens is 232 g/mol. The quantitative estimate of drug-likeness (QED) is 0.784. The SMILES string of the molecule is O=C(O)CCCCc1nnc(C2CC3CC3C2)o1. The molecule has 0 bridgehead atoms. The fraction of sp³-hybridized carbons (Fsp3) is 0.769. The minimum absolute atomic E-state index is 0.215. The molecule has 98 valence electrons. The topological polar surface area (TPSA) is 76.2 Å². The first-order chi connectivity index (χ1) is 8.72. The van der Waals surface area contributed by atoms with Gasteiger partial charge in [0.05, 0.1) is 0 Å². The second-order valence-corrected chi connectivity index (χ2v) is 5.56. The Balaban J connectivity index is 1.46. The van der Waals surface area contributed by atoms with Crippen LogP contribution in [0.15, 0.2) is 4.42 Å². The van der Waals surface area contributed by atoms with Crippen molar-refractivity contribution in [2.75, 3.05) is 0 Å². The normalized spacial score (nSPS) is 29.2. The van der Waals surface area contributed by atoms with Gasteiger partial charge in [0.2, 0.25) is 11.8 Å². The molecule has 1 N–H and O–H groups in total. The van der Waals surface area contributed by atoms with Crippen molar-refractivity contribution in [2.45, 2.75) is 50.9 Å². The average molecular weight is 250 g/mol. The number of carboxylic acids is 1. The number of hydrogen-bond donors (Lipinski definition) is 1. The van der Waals surface area contributed by atoms with Gasteiger partial charge in [0.15, 0.2) is 0 Å². The van der Waals surface area contributed by atoms with Crippen molar-refractivity contribution in [1.29, 1.82) is 0 Å². The number of aryl methyl sites for hydroxylation is 1. The molecule has 0 radical (unpaired) electrons. The lowest BCUT2D eigenvalue weighted by atomic mass is 10.0. The fourth-order valence-corrected chi connectivity index (χ4v) is 3.00. The second kappa shape index (κ2) is 4.71. The average Bonchev–Trinajstić information content (AvgIpc) is 2.80. The summed E-state index contributed by atoms with van der Waals surface area (Å²) in [6.45, 7) is 0. The van der Waals surface area contributed by atoms with Gasteiger partial charge in [-0.25, -0.2) is 0 Å². The lowest BCUT2D eigenvalue weighted by Gasteiger charge is -2.04. The Morgan fingerprint density at radius 3 is 2.72 bits per heavy atom. The van der Waals surface area contributed by atoms with E-state index in [9.17, 15) is 4.79 Å². The van der Waals surface area contributed by atoms with Crippen LogP contribution in [0.4, 0.5) is 0 Å². The van der Waals surface area contributed by atoms with Crippen LogP contribution in [0.2, 0.25) is 0 Å². The molecule has 2 aliphatic rings. The third-order valence-corrected chi connectivity index (χ3v) is 4.11. The second-order valence-electron chi connectivity index (χ2n) is 5.56. The van der Waals surface area contributed by atoms with Crippen molar-refractivity contribution < 1.29 is 14.3 Å². The number of aromatic nitrogens is 2.